The van der Waals surface area contributed by atoms with Gasteiger partial charge in [-0.25, -0.2) is 4.79 Å². The highest BCUT2D eigenvalue weighted by atomic mass is 16.5. The fourth-order valence-corrected chi connectivity index (χ4v) is 2.83. The first kappa shape index (κ1) is 18.7. The SMILES string of the molecule is C=CC(=O)OCCc1ccc(OC(=O)[C@H]2CC[C@H](C(=O)O)CC2)cc1. The average Bonchev–Trinajstić information content (AvgIpc) is 2.63. The highest BCUT2D eigenvalue weighted by molar-refractivity contribution is 5.81. The zero-order valence-electron chi connectivity index (χ0n) is 14.0. The summed E-state index contributed by atoms with van der Waals surface area (Å²) in [5.41, 5.74) is 0.957. The van der Waals surface area contributed by atoms with E-state index in [2.05, 4.69) is 6.58 Å². The predicted octanol–water partition coefficient (Wildman–Crippen LogP) is 2.75. The third-order valence-corrected chi connectivity index (χ3v) is 4.35. The molecule has 0 unspecified atom stereocenters. The van der Waals surface area contributed by atoms with Gasteiger partial charge in [-0.15, -0.1) is 0 Å². The quantitative estimate of drug-likeness (QED) is 0.464. The van der Waals surface area contributed by atoms with Gasteiger partial charge in [-0.2, -0.15) is 0 Å². The normalized spacial score (nSPS) is 19.7. The summed E-state index contributed by atoms with van der Waals surface area (Å²) in [6, 6.07) is 7.02. The maximum atomic E-state index is 12.2. The van der Waals surface area contributed by atoms with Crippen molar-refractivity contribution in [3.05, 3.63) is 42.5 Å². The largest absolute Gasteiger partial charge is 0.481 e. The minimum absolute atomic E-state index is 0.242. The van der Waals surface area contributed by atoms with Crippen LogP contribution in [0.3, 0.4) is 0 Å². The molecule has 0 aromatic heterocycles. The monoisotopic (exact) mass is 346 g/mol. The molecular formula is C19H22O6. The Hall–Kier alpha value is -2.63. The number of carboxylic acid groups (broad SMARTS) is 1. The van der Waals surface area contributed by atoms with Gasteiger partial charge < -0.3 is 14.6 Å². The maximum absolute atomic E-state index is 12.2. The highest BCUT2D eigenvalue weighted by Crippen LogP contribution is 2.30. The summed E-state index contributed by atoms with van der Waals surface area (Å²) in [5, 5.41) is 8.98. The summed E-state index contributed by atoms with van der Waals surface area (Å²) in [5.74, 6) is -1.69. The molecular weight excluding hydrogens is 324 g/mol. The van der Waals surface area contributed by atoms with Crippen molar-refractivity contribution in [3.63, 3.8) is 0 Å². The fourth-order valence-electron chi connectivity index (χ4n) is 2.83. The first-order chi connectivity index (χ1) is 12.0. The molecule has 6 heteroatoms. The molecule has 2 rings (SSSR count). The molecule has 1 fully saturated rings. The standard InChI is InChI=1S/C19H22O6/c1-2-17(20)24-12-11-13-3-9-16(10-4-13)25-19(23)15-7-5-14(6-8-15)18(21)22/h2-4,9-10,14-15H,1,5-8,11-12H2,(H,21,22)/t14-,15-. The van der Waals surface area contributed by atoms with Crippen molar-refractivity contribution in [1.82, 2.24) is 0 Å². The third-order valence-electron chi connectivity index (χ3n) is 4.35. The summed E-state index contributed by atoms with van der Waals surface area (Å²) in [6.45, 7) is 3.59. The van der Waals surface area contributed by atoms with Crippen LogP contribution in [-0.2, 0) is 25.5 Å². The molecule has 0 bridgehead atoms. The molecule has 1 aromatic rings. The van der Waals surface area contributed by atoms with Crippen molar-refractivity contribution >= 4 is 17.9 Å². The Morgan fingerprint density at radius 3 is 2.24 bits per heavy atom. The van der Waals surface area contributed by atoms with Gasteiger partial charge in [0.15, 0.2) is 0 Å². The number of aliphatic carboxylic acids is 1. The van der Waals surface area contributed by atoms with Gasteiger partial charge in [0.1, 0.15) is 5.75 Å². The van der Waals surface area contributed by atoms with E-state index in [1.54, 1.807) is 12.1 Å². The lowest BCUT2D eigenvalue weighted by atomic mass is 9.82. The van der Waals surface area contributed by atoms with Crippen LogP contribution in [0, 0.1) is 11.8 Å². The molecule has 1 aromatic carbocycles. The number of rotatable bonds is 7. The molecule has 0 heterocycles. The molecule has 0 radical (unpaired) electrons. The molecule has 6 nitrogen and oxygen atoms in total. The summed E-state index contributed by atoms with van der Waals surface area (Å²) >= 11 is 0. The number of esters is 2. The molecule has 0 aliphatic heterocycles. The molecule has 25 heavy (non-hydrogen) atoms. The number of carbonyl (C=O) groups is 3. The van der Waals surface area contributed by atoms with Crippen LogP contribution in [-0.4, -0.2) is 29.6 Å². The lowest BCUT2D eigenvalue weighted by molar-refractivity contribution is -0.146. The van der Waals surface area contributed by atoms with Gasteiger partial charge >= 0.3 is 17.9 Å². The number of ether oxygens (including phenoxy) is 2. The fraction of sp³-hybridized carbons (Fsp3) is 0.421. The number of carboxylic acids is 1. The first-order valence-electron chi connectivity index (χ1n) is 8.32. The van der Waals surface area contributed by atoms with Crippen molar-refractivity contribution in [1.29, 1.82) is 0 Å². The molecule has 0 atom stereocenters. The molecule has 134 valence electrons. The van der Waals surface area contributed by atoms with Crippen LogP contribution in [0.4, 0.5) is 0 Å². The van der Waals surface area contributed by atoms with Crippen molar-refractivity contribution in [2.75, 3.05) is 6.61 Å². The second kappa shape index (κ2) is 9.01. The van der Waals surface area contributed by atoms with Crippen LogP contribution in [0.25, 0.3) is 0 Å². The topological polar surface area (TPSA) is 89.9 Å². The molecule has 1 saturated carbocycles. The smallest absolute Gasteiger partial charge is 0.330 e. The van der Waals surface area contributed by atoms with Crippen LogP contribution in [0.2, 0.25) is 0 Å². The zero-order chi connectivity index (χ0) is 18.2. The van der Waals surface area contributed by atoms with E-state index < -0.39 is 11.9 Å². The maximum Gasteiger partial charge on any atom is 0.330 e. The van der Waals surface area contributed by atoms with Gasteiger partial charge in [-0.05, 0) is 43.4 Å². The van der Waals surface area contributed by atoms with E-state index in [-0.39, 0.29) is 24.4 Å². The lowest BCUT2D eigenvalue weighted by Crippen LogP contribution is -2.28. The summed E-state index contributed by atoms with van der Waals surface area (Å²) in [4.78, 5) is 34.1. The van der Waals surface area contributed by atoms with E-state index in [0.717, 1.165) is 11.6 Å². The van der Waals surface area contributed by atoms with Crippen LogP contribution in [0.5, 0.6) is 5.75 Å². The Morgan fingerprint density at radius 1 is 1.08 bits per heavy atom. The number of carbonyl (C=O) groups excluding carboxylic acids is 2. The first-order valence-corrected chi connectivity index (χ1v) is 8.32. The van der Waals surface area contributed by atoms with Gasteiger partial charge in [0.05, 0.1) is 18.4 Å². The van der Waals surface area contributed by atoms with E-state index in [1.807, 2.05) is 12.1 Å². The Balaban J connectivity index is 1.78. The third kappa shape index (κ3) is 5.74. The van der Waals surface area contributed by atoms with E-state index in [9.17, 15) is 14.4 Å². The zero-order valence-corrected chi connectivity index (χ0v) is 14.0. The second-order valence-corrected chi connectivity index (χ2v) is 6.07. The molecule has 1 N–H and O–H groups in total. The predicted molar refractivity (Wildman–Crippen MR) is 90.0 cm³/mol. The van der Waals surface area contributed by atoms with Gasteiger partial charge in [-0.3, -0.25) is 9.59 Å². The van der Waals surface area contributed by atoms with Crippen LogP contribution < -0.4 is 4.74 Å². The van der Waals surface area contributed by atoms with Crippen molar-refractivity contribution in [2.45, 2.75) is 32.1 Å². The van der Waals surface area contributed by atoms with Gasteiger partial charge in [0, 0.05) is 12.5 Å². The van der Waals surface area contributed by atoms with Crippen LogP contribution in [0.15, 0.2) is 36.9 Å². The Morgan fingerprint density at radius 2 is 1.68 bits per heavy atom. The van der Waals surface area contributed by atoms with Gasteiger partial charge in [0.25, 0.3) is 0 Å². The molecule has 0 saturated heterocycles. The van der Waals surface area contributed by atoms with E-state index in [4.69, 9.17) is 14.6 Å². The average molecular weight is 346 g/mol. The summed E-state index contributed by atoms with van der Waals surface area (Å²) in [6.07, 6.45) is 3.79. The Kier molecular flexibility index (Phi) is 6.74. The molecule has 0 amide bonds. The van der Waals surface area contributed by atoms with Crippen molar-refractivity contribution in [3.8, 4) is 5.75 Å². The summed E-state index contributed by atoms with van der Waals surface area (Å²) < 4.78 is 10.3. The van der Waals surface area contributed by atoms with Gasteiger partial charge in [-0.1, -0.05) is 18.7 Å². The Labute approximate surface area is 146 Å². The van der Waals surface area contributed by atoms with Crippen LogP contribution in [0.1, 0.15) is 31.2 Å². The number of hydrogen-bond acceptors (Lipinski definition) is 5. The van der Waals surface area contributed by atoms with Crippen molar-refractivity contribution < 1.29 is 29.0 Å². The Bertz CT molecular complexity index is 626. The summed E-state index contributed by atoms with van der Waals surface area (Å²) in [7, 11) is 0. The van der Waals surface area contributed by atoms with E-state index in [1.165, 1.54) is 0 Å². The molecule has 1 aliphatic carbocycles. The van der Waals surface area contributed by atoms with Crippen molar-refractivity contribution in [2.24, 2.45) is 11.8 Å². The lowest BCUT2D eigenvalue weighted by Gasteiger charge is -2.24. The molecule has 0 spiro atoms. The van der Waals surface area contributed by atoms with Crippen LogP contribution >= 0.6 is 0 Å². The minimum atomic E-state index is -0.791. The number of benzene rings is 1. The van der Waals surface area contributed by atoms with Gasteiger partial charge in [0.2, 0.25) is 0 Å². The van der Waals surface area contributed by atoms with E-state index in [0.29, 0.717) is 37.9 Å². The molecule has 1 aliphatic rings. The number of hydrogen-bond donors (Lipinski definition) is 1. The highest BCUT2D eigenvalue weighted by Gasteiger charge is 2.30. The van der Waals surface area contributed by atoms with E-state index >= 15 is 0 Å². The second-order valence-electron chi connectivity index (χ2n) is 6.07. The minimum Gasteiger partial charge on any atom is -0.481 e.